The van der Waals surface area contributed by atoms with Gasteiger partial charge >= 0.3 is 41.8 Å². The maximum absolute atomic E-state index is 15.0. The standard InChI is InChI=1S/C51H72N4O14/c1-27-41-30(17-20-36(57)64-10)47(3,4)34(53-41)25-33-29(16-19-35(56)63-9)49(6,26-40(61)68-14)44(52-33)28(2)42-31(18-21-37(58)65-11)50(7,46(62)69-15)51(8,55-42)45-32(24-39(60)67-13)48(5,43(27)54-45)23-22-38(59)66-12/h25,29-32,45,52H,16-24,26H2,1-15H3/b33-25-,41-27-,44-28?/t29-,30-,31-,32-,45?,48?,49?,50?,51+/m0/s1. The van der Waals surface area contributed by atoms with E-state index in [0.717, 1.165) is 0 Å². The summed E-state index contributed by atoms with van der Waals surface area (Å²) in [4.78, 5) is 111. The Morgan fingerprint density at radius 3 is 1.64 bits per heavy atom. The van der Waals surface area contributed by atoms with Crippen molar-refractivity contribution in [2.24, 2.45) is 60.3 Å². The third kappa shape index (κ3) is 9.52. The van der Waals surface area contributed by atoms with Gasteiger partial charge in [-0.3, -0.25) is 48.5 Å². The van der Waals surface area contributed by atoms with E-state index in [1.807, 2.05) is 54.5 Å². The van der Waals surface area contributed by atoms with Crippen LogP contribution in [0.3, 0.4) is 0 Å². The van der Waals surface area contributed by atoms with Crippen LogP contribution in [0.15, 0.2) is 49.3 Å². The van der Waals surface area contributed by atoms with Crippen LogP contribution in [-0.2, 0) is 66.7 Å². The van der Waals surface area contributed by atoms with Crippen LogP contribution in [0, 0.1) is 45.3 Å². The third-order valence-corrected chi connectivity index (χ3v) is 16.5. The van der Waals surface area contributed by atoms with E-state index in [-0.39, 0.29) is 57.8 Å². The van der Waals surface area contributed by atoms with Crippen LogP contribution in [-0.4, -0.2) is 120 Å². The van der Waals surface area contributed by atoms with Crippen molar-refractivity contribution >= 4 is 58.9 Å². The van der Waals surface area contributed by atoms with E-state index < -0.39 is 98.7 Å². The Hall–Kier alpha value is -5.68. The molecule has 0 saturated carbocycles. The number of carbonyl (C=O) groups is 7. The van der Waals surface area contributed by atoms with Crippen molar-refractivity contribution in [1.29, 1.82) is 0 Å². The minimum Gasteiger partial charge on any atom is -0.469 e. The molecule has 5 aliphatic heterocycles. The molecule has 0 radical (unpaired) electrons. The van der Waals surface area contributed by atoms with Gasteiger partial charge in [0.2, 0.25) is 0 Å². The number of ether oxygens (including phenoxy) is 7. The first-order valence-corrected chi connectivity index (χ1v) is 23.5. The van der Waals surface area contributed by atoms with E-state index in [1.54, 1.807) is 6.92 Å². The number of nitrogens with one attached hydrogen (secondary N) is 1. The highest BCUT2D eigenvalue weighted by Crippen LogP contribution is 2.62. The number of rotatable bonds is 17. The van der Waals surface area contributed by atoms with Crippen molar-refractivity contribution in [2.75, 3.05) is 49.8 Å². The predicted molar refractivity (Wildman–Crippen MR) is 253 cm³/mol. The van der Waals surface area contributed by atoms with Crippen molar-refractivity contribution < 1.29 is 66.7 Å². The third-order valence-electron chi connectivity index (χ3n) is 16.5. The Labute approximate surface area is 405 Å². The normalized spacial score (nSPS) is 32.7. The van der Waals surface area contributed by atoms with Crippen molar-refractivity contribution in [3.8, 4) is 0 Å². The van der Waals surface area contributed by atoms with Gasteiger partial charge < -0.3 is 38.5 Å². The van der Waals surface area contributed by atoms with Crippen molar-refractivity contribution in [3.05, 3.63) is 34.3 Å². The van der Waals surface area contributed by atoms with Crippen LogP contribution in [0.25, 0.3) is 0 Å². The van der Waals surface area contributed by atoms with E-state index >= 15 is 0 Å². The van der Waals surface area contributed by atoms with Crippen LogP contribution >= 0.6 is 0 Å². The number of esters is 7. The summed E-state index contributed by atoms with van der Waals surface area (Å²) in [6.45, 7) is 15.3. The molecule has 5 aliphatic rings. The maximum Gasteiger partial charge on any atom is 0.314 e. The summed E-state index contributed by atoms with van der Waals surface area (Å²) in [6, 6.07) is -0.985. The van der Waals surface area contributed by atoms with Gasteiger partial charge in [-0.25, -0.2) is 0 Å². The van der Waals surface area contributed by atoms with E-state index in [9.17, 15) is 33.6 Å². The average Bonchev–Trinajstić information content (AvgIpc) is 3.95. The first kappa shape index (κ1) is 54.3. The van der Waals surface area contributed by atoms with E-state index in [4.69, 9.17) is 48.1 Å². The number of allylic oxidation sites excluding steroid dienone is 6. The first-order valence-electron chi connectivity index (χ1n) is 23.5. The molecule has 0 aromatic carbocycles. The molecule has 1 N–H and O–H groups in total. The molecule has 0 aliphatic carbocycles. The van der Waals surface area contributed by atoms with Gasteiger partial charge in [-0.05, 0) is 70.6 Å². The Kier molecular flexibility index (Phi) is 16.3. The van der Waals surface area contributed by atoms with Crippen molar-refractivity contribution in [1.82, 2.24) is 5.32 Å². The van der Waals surface area contributed by atoms with Gasteiger partial charge in [-0.15, -0.1) is 0 Å². The quantitative estimate of drug-likeness (QED) is 0.127. The number of hydrogen-bond acceptors (Lipinski definition) is 18. The van der Waals surface area contributed by atoms with Crippen LogP contribution in [0.2, 0.25) is 0 Å². The molecule has 0 aromatic rings. The summed E-state index contributed by atoms with van der Waals surface area (Å²) in [5, 5.41) is 3.70. The molecule has 5 heterocycles. The smallest absolute Gasteiger partial charge is 0.314 e. The Balaban J connectivity index is 2.05. The summed E-state index contributed by atoms with van der Waals surface area (Å²) >= 11 is 0. The predicted octanol–water partition coefficient (Wildman–Crippen LogP) is 6.15. The second kappa shape index (κ2) is 20.7. The zero-order valence-corrected chi connectivity index (χ0v) is 43.1. The van der Waals surface area contributed by atoms with E-state index in [2.05, 4.69) is 5.32 Å². The molecule has 18 nitrogen and oxygen atoms in total. The molecular weight excluding hydrogens is 893 g/mol. The summed E-state index contributed by atoms with van der Waals surface area (Å²) < 4.78 is 36.9. The zero-order chi connectivity index (χ0) is 51.6. The number of carbonyl (C=O) groups excluding carboxylic acids is 7. The largest absolute Gasteiger partial charge is 0.469 e. The fourth-order valence-electron chi connectivity index (χ4n) is 12.1. The average molecular weight is 965 g/mol. The van der Waals surface area contributed by atoms with Crippen LogP contribution in [0.4, 0.5) is 0 Å². The van der Waals surface area contributed by atoms with Crippen molar-refractivity contribution in [2.45, 2.75) is 131 Å². The first-order chi connectivity index (χ1) is 32.3. The number of fused-ring (bicyclic) bond motifs is 6. The fraction of sp³-hybridized carbons (Fsp3) is 0.686. The van der Waals surface area contributed by atoms with Gasteiger partial charge in [0, 0.05) is 99.8 Å². The molecular formula is C51H72N4O14. The molecule has 69 heavy (non-hydrogen) atoms. The molecule has 9 atom stereocenters. The highest BCUT2D eigenvalue weighted by Gasteiger charge is 2.69. The molecule has 8 bridgehead atoms. The Morgan fingerprint density at radius 1 is 0.609 bits per heavy atom. The van der Waals surface area contributed by atoms with Gasteiger partial charge in [-0.2, -0.15) is 0 Å². The van der Waals surface area contributed by atoms with Gasteiger partial charge in [-0.1, -0.05) is 27.7 Å². The number of methoxy groups -OCH3 is 7. The van der Waals surface area contributed by atoms with Crippen molar-refractivity contribution in [3.63, 3.8) is 0 Å². The molecule has 5 rings (SSSR count). The zero-order valence-electron chi connectivity index (χ0n) is 43.1. The lowest BCUT2D eigenvalue weighted by molar-refractivity contribution is -0.159. The van der Waals surface area contributed by atoms with E-state index in [1.165, 1.54) is 49.8 Å². The topological polar surface area (TPSA) is 233 Å². The van der Waals surface area contributed by atoms with E-state index in [0.29, 0.717) is 51.8 Å². The lowest BCUT2D eigenvalue weighted by Gasteiger charge is -2.46. The lowest BCUT2D eigenvalue weighted by atomic mass is 9.56. The van der Waals surface area contributed by atoms with Gasteiger partial charge in [0.25, 0.3) is 0 Å². The Morgan fingerprint density at radius 2 is 1.12 bits per heavy atom. The molecule has 380 valence electrons. The monoisotopic (exact) mass is 965 g/mol. The van der Waals surface area contributed by atoms with Gasteiger partial charge in [0.1, 0.15) is 5.41 Å². The fourth-order valence-corrected chi connectivity index (χ4v) is 12.1. The highest BCUT2D eigenvalue weighted by molar-refractivity contribution is 6.11. The lowest BCUT2D eigenvalue weighted by Crippen LogP contribution is -2.58. The number of hydrogen-bond donors (Lipinski definition) is 1. The second-order valence-corrected chi connectivity index (χ2v) is 20.3. The minimum absolute atomic E-state index is 0.000408. The minimum atomic E-state index is -1.60. The Bertz CT molecular complexity index is 2320. The SMILES string of the molecule is COC(=O)CC[C@H]1/C2=C(\C)C3=NC([C@H](CC(=O)OC)C3(C)CCC(=O)OC)[C@@]3(C)N=C(C(C)=C4N/C(=C\C(=N2)C1(C)C)[C@H](CCC(=O)OC)C4(C)CC(=O)OC)[C@H](CCC(=O)OC)C3(C)C(=O)OC. The van der Waals surface area contributed by atoms with Gasteiger partial charge in [0.15, 0.2) is 0 Å². The molecule has 0 amide bonds. The molecule has 1 fully saturated rings. The van der Waals surface area contributed by atoms with Crippen LogP contribution < -0.4 is 5.32 Å². The molecule has 0 aromatic heterocycles. The summed E-state index contributed by atoms with van der Waals surface area (Å²) in [6.07, 6.45) is 2.29. The van der Waals surface area contributed by atoms with Crippen LogP contribution in [0.5, 0.6) is 0 Å². The summed E-state index contributed by atoms with van der Waals surface area (Å²) in [7, 11) is 9.12. The number of aliphatic imine (C=N–C) groups is 3. The molecule has 4 unspecified atom stereocenters. The highest BCUT2D eigenvalue weighted by atomic mass is 16.5. The summed E-state index contributed by atoms with van der Waals surface area (Å²) in [5.41, 5.74) is -1.46. The summed E-state index contributed by atoms with van der Waals surface area (Å²) in [5.74, 6) is -6.16. The van der Waals surface area contributed by atoms with Crippen LogP contribution in [0.1, 0.15) is 120 Å². The van der Waals surface area contributed by atoms with Gasteiger partial charge in [0.05, 0.1) is 74.2 Å². The molecule has 1 saturated heterocycles. The molecule has 0 spiro atoms. The second-order valence-electron chi connectivity index (χ2n) is 20.3. The number of nitrogens with zero attached hydrogens (tertiary/aromatic N) is 3. The molecule has 18 heteroatoms. The maximum atomic E-state index is 15.0.